The molecular weight excluding hydrogens is 178 g/mol. The third kappa shape index (κ3) is 1.47. The quantitative estimate of drug-likeness (QED) is 0.775. The highest BCUT2D eigenvalue weighted by molar-refractivity contribution is 5.44. The predicted octanol–water partition coefficient (Wildman–Crippen LogP) is 0.991. The lowest BCUT2D eigenvalue weighted by atomic mass is 9.87. The van der Waals surface area contributed by atoms with Crippen LogP contribution in [0.25, 0.3) is 0 Å². The fourth-order valence-electron chi connectivity index (χ4n) is 1.64. The third-order valence-electron chi connectivity index (χ3n) is 2.56. The van der Waals surface area contributed by atoms with Gasteiger partial charge >= 0.3 is 0 Å². The van der Waals surface area contributed by atoms with Gasteiger partial charge in [0.15, 0.2) is 0 Å². The van der Waals surface area contributed by atoms with E-state index in [2.05, 4.69) is 16.0 Å². The molecule has 2 heterocycles. The number of H-pyrrole nitrogens is 1. The van der Waals surface area contributed by atoms with Crippen LogP contribution in [0, 0.1) is 16.7 Å². The van der Waals surface area contributed by atoms with Crippen molar-refractivity contribution in [2.75, 3.05) is 31.7 Å². The van der Waals surface area contributed by atoms with Crippen molar-refractivity contribution >= 4 is 5.69 Å². The summed E-state index contributed by atoms with van der Waals surface area (Å²) in [5.74, 6) is 0. The Morgan fingerprint density at radius 1 is 1.71 bits per heavy atom. The Morgan fingerprint density at radius 3 is 2.93 bits per heavy atom. The summed E-state index contributed by atoms with van der Waals surface area (Å²) in [7, 11) is 1.99. The number of nitrogens with one attached hydrogen (secondary N) is 1. The van der Waals surface area contributed by atoms with E-state index in [0.717, 1.165) is 12.2 Å². The predicted molar refractivity (Wildman–Crippen MR) is 52.9 cm³/mol. The zero-order chi connectivity index (χ0) is 10.0. The molecule has 0 aromatic carbocycles. The maximum absolute atomic E-state index is 9.02. The van der Waals surface area contributed by atoms with Crippen LogP contribution < -0.4 is 4.90 Å². The van der Waals surface area contributed by atoms with Crippen molar-refractivity contribution in [3.05, 3.63) is 18.5 Å². The van der Waals surface area contributed by atoms with Crippen LogP contribution in [0.5, 0.6) is 0 Å². The Bertz CT molecular complexity index is 335. The number of rotatable bonds is 3. The number of aromatic amines is 1. The summed E-state index contributed by atoms with van der Waals surface area (Å²) < 4.78 is 5.09. The van der Waals surface area contributed by atoms with Gasteiger partial charge in [0.05, 0.1) is 25.0 Å². The van der Waals surface area contributed by atoms with E-state index in [4.69, 9.17) is 10.00 Å². The normalized spacial score (nSPS) is 18.3. The fraction of sp³-hybridized carbons (Fsp3) is 0.500. The van der Waals surface area contributed by atoms with Gasteiger partial charge in [0.1, 0.15) is 5.41 Å². The van der Waals surface area contributed by atoms with E-state index in [1.165, 1.54) is 0 Å². The minimum Gasteiger partial charge on any atom is -0.378 e. The van der Waals surface area contributed by atoms with Gasteiger partial charge in [-0.25, -0.2) is 0 Å². The van der Waals surface area contributed by atoms with Crippen LogP contribution in [-0.4, -0.2) is 31.8 Å². The number of anilines is 1. The number of aromatic nitrogens is 1. The van der Waals surface area contributed by atoms with Gasteiger partial charge in [-0.2, -0.15) is 5.26 Å². The fourth-order valence-corrected chi connectivity index (χ4v) is 1.64. The zero-order valence-corrected chi connectivity index (χ0v) is 8.16. The molecule has 0 aliphatic carbocycles. The Labute approximate surface area is 83.1 Å². The van der Waals surface area contributed by atoms with E-state index in [9.17, 15) is 0 Å². The highest BCUT2D eigenvalue weighted by atomic mass is 16.5. The first-order valence-corrected chi connectivity index (χ1v) is 4.59. The lowest BCUT2D eigenvalue weighted by Crippen LogP contribution is -2.49. The molecule has 4 heteroatoms. The number of ether oxygens (including phenoxy) is 1. The van der Waals surface area contributed by atoms with Crippen molar-refractivity contribution in [2.24, 2.45) is 5.41 Å². The van der Waals surface area contributed by atoms with Crippen LogP contribution in [0.2, 0.25) is 0 Å². The van der Waals surface area contributed by atoms with E-state index in [1.54, 1.807) is 0 Å². The van der Waals surface area contributed by atoms with Crippen molar-refractivity contribution in [2.45, 2.75) is 0 Å². The molecule has 0 bridgehead atoms. The minimum absolute atomic E-state index is 0.300. The number of hydrogen-bond acceptors (Lipinski definition) is 3. The van der Waals surface area contributed by atoms with E-state index in [1.807, 2.05) is 25.5 Å². The highest BCUT2D eigenvalue weighted by Gasteiger charge is 2.40. The summed E-state index contributed by atoms with van der Waals surface area (Å²) in [6, 6.07) is 4.32. The van der Waals surface area contributed by atoms with Gasteiger partial charge in [0.25, 0.3) is 0 Å². The molecular formula is C10H13N3O. The Balaban J connectivity index is 2.01. The van der Waals surface area contributed by atoms with Crippen molar-refractivity contribution < 1.29 is 4.74 Å². The second-order valence-electron chi connectivity index (χ2n) is 3.81. The molecule has 1 saturated heterocycles. The second kappa shape index (κ2) is 3.35. The maximum Gasteiger partial charge on any atom is 0.121 e. The minimum atomic E-state index is -0.300. The van der Waals surface area contributed by atoms with Crippen LogP contribution in [0.4, 0.5) is 5.69 Å². The molecule has 1 aliphatic rings. The molecule has 0 amide bonds. The van der Waals surface area contributed by atoms with Gasteiger partial charge in [-0.3, -0.25) is 0 Å². The number of nitriles is 1. The van der Waals surface area contributed by atoms with Gasteiger partial charge in [0.2, 0.25) is 0 Å². The molecule has 0 radical (unpaired) electrons. The van der Waals surface area contributed by atoms with Gasteiger partial charge in [-0.15, -0.1) is 0 Å². The van der Waals surface area contributed by atoms with Gasteiger partial charge in [0, 0.05) is 26.0 Å². The molecule has 1 aromatic heterocycles. The summed E-state index contributed by atoms with van der Waals surface area (Å²) in [5.41, 5.74) is 0.804. The molecule has 0 spiro atoms. The maximum atomic E-state index is 9.02. The largest absolute Gasteiger partial charge is 0.378 e. The number of hydrogen-bond donors (Lipinski definition) is 1. The molecule has 1 N–H and O–H groups in total. The topological polar surface area (TPSA) is 52.1 Å². The van der Waals surface area contributed by atoms with Crippen LogP contribution in [0.15, 0.2) is 18.5 Å². The first-order chi connectivity index (χ1) is 6.76. The molecule has 1 aromatic rings. The molecule has 1 aliphatic heterocycles. The van der Waals surface area contributed by atoms with Crippen molar-refractivity contribution in [1.29, 1.82) is 5.26 Å². The average molecular weight is 191 g/mol. The van der Waals surface area contributed by atoms with Gasteiger partial charge < -0.3 is 14.6 Å². The molecule has 0 saturated carbocycles. The van der Waals surface area contributed by atoms with E-state index >= 15 is 0 Å². The smallest absolute Gasteiger partial charge is 0.121 e. The molecule has 14 heavy (non-hydrogen) atoms. The van der Waals surface area contributed by atoms with Crippen LogP contribution in [0.3, 0.4) is 0 Å². The standard InChI is InChI=1S/C10H13N3O/c1-13(9-2-3-12-4-9)6-10(5-11)7-14-8-10/h2-4,12H,6-8H2,1H3. The molecule has 1 fully saturated rings. The van der Waals surface area contributed by atoms with Gasteiger partial charge in [-0.1, -0.05) is 0 Å². The second-order valence-corrected chi connectivity index (χ2v) is 3.81. The molecule has 0 unspecified atom stereocenters. The Kier molecular flexibility index (Phi) is 2.18. The number of nitrogens with zero attached hydrogens (tertiary/aromatic N) is 2. The lowest BCUT2D eigenvalue weighted by molar-refractivity contribution is -0.0716. The molecule has 2 rings (SSSR count). The highest BCUT2D eigenvalue weighted by Crippen LogP contribution is 2.28. The van der Waals surface area contributed by atoms with E-state index in [-0.39, 0.29) is 5.41 Å². The van der Waals surface area contributed by atoms with Crippen LogP contribution >= 0.6 is 0 Å². The Morgan fingerprint density at radius 2 is 2.50 bits per heavy atom. The first-order valence-electron chi connectivity index (χ1n) is 4.59. The average Bonchev–Trinajstić information content (AvgIpc) is 2.63. The summed E-state index contributed by atoms with van der Waals surface area (Å²) in [6.07, 6.45) is 3.80. The first kappa shape index (κ1) is 9.10. The third-order valence-corrected chi connectivity index (χ3v) is 2.56. The van der Waals surface area contributed by atoms with Crippen molar-refractivity contribution in [1.82, 2.24) is 4.98 Å². The van der Waals surface area contributed by atoms with E-state index < -0.39 is 0 Å². The summed E-state index contributed by atoms with van der Waals surface area (Å²) in [6.45, 7) is 1.83. The van der Waals surface area contributed by atoms with Crippen molar-refractivity contribution in [3.63, 3.8) is 0 Å². The van der Waals surface area contributed by atoms with Crippen LogP contribution in [0.1, 0.15) is 0 Å². The molecule has 4 nitrogen and oxygen atoms in total. The monoisotopic (exact) mass is 191 g/mol. The molecule has 0 atom stereocenters. The Hall–Kier alpha value is -1.47. The SMILES string of the molecule is CN(CC1(C#N)COC1)c1cc[nH]c1. The van der Waals surface area contributed by atoms with Crippen molar-refractivity contribution in [3.8, 4) is 6.07 Å². The molecule has 74 valence electrons. The summed E-state index contributed by atoms with van der Waals surface area (Å²) in [5, 5.41) is 9.02. The van der Waals surface area contributed by atoms with Crippen LogP contribution in [-0.2, 0) is 4.74 Å². The summed E-state index contributed by atoms with van der Waals surface area (Å²) in [4.78, 5) is 5.07. The van der Waals surface area contributed by atoms with Gasteiger partial charge in [-0.05, 0) is 6.07 Å². The van der Waals surface area contributed by atoms with E-state index in [0.29, 0.717) is 13.2 Å². The summed E-state index contributed by atoms with van der Waals surface area (Å²) >= 11 is 0. The zero-order valence-electron chi connectivity index (χ0n) is 8.16. The lowest BCUT2D eigenvalue weighted by Gasteiger charge is -2.38.